The van der Waals surface area contributed by atoms with Crippen LogP contribution in [0.3, 0.4) is 0 Å². The minimum atomic E-state index is -0.567. The summed E-state index contributed by atoms with van der Waals surface area (Å²) in [5.74, 6) is 0. The van der Waals surface area contributed by atoms with Gasteiger partial charge in [-0.1, -0.05) is 49.0 Å². The lowest BCUT2D eigenvalue weighted by atomic mass is 10.1. The predicted molar refractivity (Wildman–Crippen MR) is 61.8 cm³/mol. The summed E-state index contributed by atoms with van der Waals surface area (Å²) in [4.78, 5) is 0. The van der Waals surface area contributed by atoms with Gasteiger partial charge in [0.1, 0.15) is 0 Å². The largest absolute Gasteiger partial charge is 0.0795 e. The van der Waals surface area contributed by atoms with Gasteiger partial charge in [-0.3, -0.25) is 0 Å². The number of allylic oxidation sites excluding steroid dienone is 1. The predicted octanol–water partition coefficient (Wildman–Crippen LogP) is 3.13. The molecule has 13 heavy (non-hydrogen) atoms. The Bertz CT molecular complexity index is 350. The van der Waals surface area contributed by atoms with Gasteiger partial charge in [0.15, 0.2) is 0 Å². The first-order valence-corrected chi connectivity index (χ1v) is 7.95. The highest BCUT2D eigenvalue weighted by molar-refractivity contribution is 6.58. The molecule has 0 N–H and O–H groups in total. The Morgan fingerprint density at radius 3 is 2.69 bits per heavy atom. The summed E-state index contributed by atoms with van der Waals surface area (Å²) in [6.45, 7) is 7.02. The van der Waals surface area contributed by atoms with Gasteiger partial charge in [0.05, 0.1) is 0 Å². The summed E-state index contributed by atoms with van der Waals surface area (Å²) in [5.41, 5.74) is 5.18. The van der Waals surface area contributed by atoms with Crippen LogP contribution in [0.25, 0.3) is 6.08 Å². The zero-order valence-electron chi connectivity index (χ0n) is 8.54. The highest BCUT2D eigenvalue weighted by atomic mass is 28.3. The Morgan fingerprint density at radius 1 is 1.23 bits per heavy atom. The van der Waals surface area contributed by atoms with E-state index in [2.05, 4.69) is 50.4 Å². The summed E-state index contributed by atoms with van der Waals surface area (Å²) >= 11 is 0. The van der Waals surface area contributed by atoms with Crippen molar-refractivity contribution in [3.8, 4) is 0 Å². The maximum absolute atomic E-state index is 2.42. The fraction of sp³-hybridized carbons (Fsp3) is 0.333. The molecular formula is C12H16Si. The van der Waals surface area contributed by atoms with Crippen LogP contribution in [0, 0.1) is 6.92 Å². The molecule has 1 unspecified atom stereocenters. The van der Waals surface area contributed by atoms with Gasteiger partial charge in [-0.2, -0.15) is 0 Å². The zero-order chi connectivity index (χ0) is 9.42. The quantitative estimate of drug-likeness (QED) is 0.594. The Morgan fingerprint density at radius 2 is 2.00 bits per heavy atom. The van der Waals surface area contributed by atoms with Gasteiger partial charge in [0, 0.05) is 8.80 Å². The molecule has 0 heterocycles. The fourth-order valence-electron chi connectivity index (χ4n) is 2.03. The molecule has 1 atom stereocenters. The summed E-state index contributed by atoms with van der Waals surface area (Å²) in [6.07, 6.45) is 4.67. The van der Waals surface area contributed by atoms with Crippen molar-refractivity contribution in [1.29, 1.82) is 0 Å². The van der Waals surface area contributed by atoms with Crippen molar-refractivity contribution in [3.05, 3.63) is 41.0 Å². The first-order valence-electron chi connectivity index (χ1n) is 4.97. The number of aryl methyl sites for hydroxylation is 1. The van der Waals surface area contributed by atoms with E-state index in [0.29, 0.717) is 0 Å². The molecule has 0 amide bonds. The van der Waals surface area contributed by atoms with Gasteiger partial charge in [-0.05, 0) is 23.6 Å². The molecule has 2 rings (SSSR count). The molecular weight excluding hydrogens is 172 g/mol. The first-order chi connectivity index (χ1) is 6.18. The average Bonchev–Trinajstić information content (AvgIpc) is 2.46. The molecule has 0 saturated carbocycles. The zero-order valence-corrected chi connectivity index (χ0v) is 9.70. The molecule has 68 valence electrons. The van der Waals surface area contributed by atoms with Crippen molar-refractivity contribution in [2.45, 2.75) is 25.6 Å². The van der Waals surface area contributed by atoms with Crippen molar-refractivity contribution in [1.82, 2.24) is 0 Å². The van der Waals surface area contributed by atoms with Crippen LogP contribution in [-0.2, 0) is 0 Å². The molecule has 0 aliphatic heterocycles. The second-order valence-electron chi connectivity index (χ2n) is 4.26. The summed E-state index contributed by atoms with van der Waals surface area (Å²) in [5, 5.41) is 0. The third kappa shape index (κ3) is 1.48. The lowest BCUT2D eigenvalue weighted by Gasteiger charge is -2.14. The van der Waals surface area contributed by atoms with Crippen LogP contribution in [0.4, 0.5) is 0 Å². The van der Waals surface area contributed by atoms with Crippen molar-refractivity contribution < 1.29 is 0 Å². The Hall–Kier alpha value is -0.823. The lowest BCUT2D eigenvalue weighted by molar-refractivity contribution is 1.19. The molecule has 1 aromatic carbocycles. The third-order valence-electron chi connectivity index (χ3n) is 2.80. The second-order valence-corrected chi connectivity index (χ2v) is 7.47. The molecule has 0 nitrogen and oxygen atoms in total. The van der Waals surface area contributed by atoms with E-state index >= 15 is 0 Å². The smallest absolute Gasteiger partial charge is 0.0436 e. The Labute approximate surface area is 81.9 Å². The number of benzene rings is 1. The van der Waals surface area contributed by atoms with Crippen molar-refractivity contribution >= 4 is 14.9 Å². The molecule has 0 radical (unpaired) electrons. The Balaban J connectivity index is 2.45. The van der Waals surface area contributed by atoms with Gasteiger partial charge in [-0.15, -0.1) is 0 Å². The fourth-order valence-corrected chi connectivity index (χ4v) is 3.59. The van der Waals surface area contributed by atoms with Gasteiger partial charge >= 0.3 is 0 Å². The molecule has 1 aliphatic carbocycles. The van der Waals surface area contributed by atoms with Crippen molar-refractivity contribution in [2.75, 3.05) is 0 Å². The van der Waals surface area contributed by atoms with Gasteiger partial charge < -0.3 is 0 Å². The molecule has 0 spiro atoms. The van der Waals surface area contributed by atoms with E-state index < -0.39 is 8.80 Å². The summed E-state index contributed by atoms with van der Waals surface area (Å²) < 4.78 is 0. The summed E-state index contributed by atoms with van der Waals surface area (Å²) in [7, 11) is -0.567. The molecule has 1 aromatic rings. The topological polar surface area (TPSA) is 0 Å². The van der Waals surface area contributed by atoms with Crippen LogP contribution < -0.4 is 0 Å². The van der Waals surface area contributed by atoms with E-state index in [0.717, 1.165) is 5.54 Å². The minimum absolute atomic E-state index is 0.567. The van der Waals surface area contributed by atoms with E-state index in [1.54, 1.807) is 5.56 Å². The first kappa shape index (κ1) is 8.76. The molecule has 0 saturated heterocycles. The van der Waals surface area contributed by atoms with Crippen molar-refractivity contribution in [2.24, 2.45) is 0 Å². The summed E-state index contributed by atoms with van der Waals surface area (Å²) in [6, 6.07) is 6.80. The van der Waals surface area contributed by atoms with Crippen molar-refractivity contribution in [3.63, 3.8) is 0 Å². The number of hydrogen-bond donors (Lipinski definition) is 0. The van der Waals surface area contributed by atoms with E-state index in [4.69, 9.17) is 0 Å². The maximum atomic E-state index is 2.42. The molecule has 1 heteroatoms. The average molecular weight is 188 g/mol. The maximum Gasteiger partial charge on any atom is 0.0436 e. The van der Waals surface area contributed by atoms with Gasteiger partial charge in [0.25, 0.3) is 0 Å². The van der Waals surface area contributed by atoms with Crippen LogP contribution >= 0.6 is 0 Å². The molecule has 0 aromatic heterocycles. The van der Waals surface area contributed by atoms with E-state index in [-0.39, 0.29) is 0 Å². The van der Waals surface area contributed by atoms with Gasteiger partial charge in [-0.25, -0.2) is 0 Å². The second kappa shape index (κ2) is 3.15. The van der Waals surface area contributed by atoms with Gasteiger partial charge in [0.2, 0.25) is 0 Å². The number of hydrogen-bond acceptors (Lipinski definition) is 0. The monoisotopic (exact) mass is 188 g/mol. The molecule has 0 fully saturated rings. The van der Waals surface area contributed by atoms with E-state index in [1.807, 2.05) is 0 Å². The van der Waals surface area contributed by atoms with Crippen LogP contribution in [0.5, 0.6) is 0 Å². The highest BCUT2D eigenvalue weighted by Crippen LogP contribution is 2.32. The molecule has 1 aliphatic rings. The number of rotatable bonds is 1. The Kier molecular flexibility index (Phi) is 2.12. The standard InChI is InChI=1S/C12H16Si/c1-9-4-5-10-6-7-12(13(2)3)11(10)8-9/h4-8,12-13H,1-3H3. The van der Waals surface area contributed by atoms with Crippen LogP contribution in [0.2, 0.25) is 13.1 Å². The molecule has 0 bridgehead atoms. The lowest BCUT2D eigenvalue weighted by Crippen LogP contribution is -2.12. The van der Waals surface area contributed by atoms with Crippen LogP contribution in [0.15, 0.2) is 24.3 Å². The number of fused-ring (bicyclic) bond motifs is 1. The third-order valence-corrected chi connectivity index (χ3v) is 4.82. The van der Waals surface area contributed by atoms with E-state index in [1.165, 1.54) is 11.1 Å². The van der Waals surface area contributed by atoms with Crippen LogP contribution in [0.1, 0.15) is 22.2 Å². The SMILES string of the molecule is Cc1ccc2c(c1)C([SiH](C)C)C=C2. The highest BCUT2D eigenvalue weighted by Gasteiger charge is 2.20. The van der Waals surface area contributed by atoms with Crippen LogP contribution in [-0.4, -0.2) is 8.80 Å². The minimum Gasteiger partial charge on any atom is -0.0795 e. The normalized spacial score (nSPS) is 19.5. The van der Waals surface area contributed by atoms with E-state index in [9.17, 15) is 0 Å².